The van der Waals surface area contributed by atoms with E-state index in [9.17, 15) is 4.79 Å². The van der Waals surface area contributed by atoms with Gasteiger partial charge >= 0.3 is 0 Å². The van der Waals surface area contributed by atoms with Crippen molar-refractivity contribution in [2.45, 2.75) is 26.2 Å². The molecule has 4 rings (SSSR count). The van der Waals surface area contributed by atoms with E-state index >= 15 is 0 Å². The fourth-order valence-corrected chi connectivity index (χ4v) is 4.07. The number of hydrogen-bond donors (Lipinski definition) is 2. The second-order valence-corrected chi connectivity index (χ2v) is 7.17. The van der Waals surface area contributed by atoms with Crippen LogP contribution in [-0.2, 0) is 11.8 Å². The molecule has 0 radical (unpaired) electrons. The third-order valence-electron chi connectivity index (χ3n) is 5.68. The first-order valence-electron chi connectivity index (χ1n) is 8.71. The van der Waals surface area contributed by atoms with Gasteiger partial charge in [0.2, 0.25) is 5.91 Å². The molecule has 1 aliphatic carbocycles. The zero-order valence-corrected chi connectivity index (χ0v) is 15.5. The van der Waals surface area contributed by atoms with Gasteiger partial charge in [-0.15, -0.1) is 12.4 Å². The summed E-state index contributed by atoms with van der Waals surface area (Å²) in [6, 6.07) is 10.1. The molecule has 1 amide bonds. The van der Waals surface area contributed by atoms with E-state index in [0.717, 1.165) is 55.0 Å². The highest BCUT2D eigenvalue weighted by Gasteiger charge is 2.57. The quantitative estimate of drug-likeness (QED) is 0.884. The van der Waals surface area contributed by atoms with Crippen LogP contribution in [-0.4, -0.2) is 28.8 Å². The molecule has 1 aromatic heterocycles. The van der Waals surface area contributed by atoms with E-state index in [-0.39, 0.29) is 29.6 Å². The molecule has 6 heteroatoms. The van der Waals surface area contributed by atoms with E-state index in [4.69, 9.17) is 0 Å². The molecule has 5 nitrogen and oxygen atoms in total. The Morgan fingerprint density at radius 2 is 1.96 bits per heavy atom. The Kier molecular flexibility index (Phi) is 4.89. The second kappa shape index (κ2) is 6.81. The maximum absolute atomic E-state index is 12.7. The fraction of sp³-hybridized carbons (Fsp3) is 0.474. The Bertz CT molecular complexity index is 765. The molecule has 1 spiro atoms. The standard InChI is InChI=1S/C19H24N4O.ClH/c1-13-16(14-6-4-3-5-7-14)22-23(2)17(13)21-18(24)15-12-19(15)8-10-20-11-9-19;/h3-7,15,20H,8-12H2,1-2H3,(H,21,24);1H. The summed E-state index contributed by atoms with van der Waals surface area (Å²) in [4.78, 5) is 12.7. The molecule has 2 N–H and O–H groups in total. The summed E-state index contributed by atoms with van der Waals surface area (Å²) in [5.74, 6) is 1.13. The molecule has 1 aliphatic heterocycles. The van der Waals surface area contributed by atoms with Crippen molar-refractivity contribution >= 4 is 24.1 Å². The predicted octanol–water partition coefficient (Wildman–Crippen LogP) is 3.15. The number of amides is 1. The SMILES string of the molecule is Cc1c(-c2ccccc2)nn(C)c1NC(=O)C1CC12CCNCC2.Cl. The number of nitrogens with one attached hydrogen (secondary N) is 2. The minimum Gasteiger partial charge on any atom is -0.317 e. The zero-order chi connectivity index (χ0) is 16.7. The van der Waals surface area contributed by atoms with Crippen LogP contribution in [0.3, 0.4) is 0 Å². The van der Waals surface area contributed by atoms with Crippen molar-refractivity contribution in [1.82, 2.24) is 15.1 Å². The van der Waals surface area contributed by atoms with Crippen LogP contribution in [0.5, 0.6) is 0 Å². The van der Waals surface area contributed by atoms with Gasteiger partial charge in [0.1, 0.15) is 5.82 Å². The molecule has 2 fully saturated rings. The average Bonchev–Trinajstić information content (AvgIpc) is 3.23. The number of hydrogen-bond acceptors (Lipinski definition) is 3. The number of benzene rings is 1. The van der Waals surface area contributed by atoms with E-state index in [1.54, 1.807) is 4.68 Å². The highest BCUT2D eigenvalue weighted by molar-refractivity contribution is 5.95. The molecule has 2 aliphatic rings. The van der Waals surface area contributed by atoms with Crippen LogP contribution in [0.2, 0.25) is 0 Å². The van der Waals surface area contributed by atoms with E-state index in [2.05, 4.69) is 15.7 Å². The normalized spacial score (nSPS) is 20.8. The van der Waals surface area contributed by atoms with E-state index in [0.29, 0.717) is 0 Å². The summed E-state index contributed by atoms with van der Waals surface area (Å²) in [6.45, 7) is 4.09. The molecular formula is C19H25ClN4O. The number of nitrogens with zero attached hydrogens (tertiary/aromatic N) is 2. The van der Waals surface area contributed by atoms with Crippen LogP contribution in [0.4, 0.5) is 5.82 Å². The molecule has 1 atom stereocenters. The molecule has 25 heavy (non-hydrogen) atoms. The van der Waals surface area contributed by atoms with Crippen molar-refractivity contribution < 1.29 is 4.79 Å². The van der Waals surface area contributed by atoms with Crippen molar-refractivity contribution in [3.8, 4) is 11.3 Å². The highest BCUT2D eigenvalue weighted by atomic mass is 35.5. The lowest BCUT2D eigenvalue weighted by Gasteiger charge is -2.23. The number of aromatic nitrogens is 2. The van der Waals surface area contributed by atoms with Crippen LogP contribution in [0.1, 0.15) is 24.8 Å². The zero-order valence-electron chi connectivity index (χ0n) is 14.7. The molecule has 1 aromatic carbocycles. The first kappa shape index (κ1) is 18.0. The number of anilines is 1. The van der Waals surface area contributed by atoms with E-state index in [1.807, 2.05) is 44.3 Å². The van der Waals surface area contributed by atoms with E-state index in [1.165, 1.54) is 0 Å². The summed E-state index contributed by atoms with van der Waals surface area (Å²) < 4.78 is 1.78. The Balaban J connectivity index is 0.00000182. The minimum absolute atomic E-state index is 0. The third-order valence-corrected chi connectivity index (χ3v) is 5.68. The van der Waals surface area contributed by atoms with Crippen molar-refractivity contribution in [1.29, 1.82) is 0 Å². The van der Waals surface area contributed by atoms with Gasteiger partial charge in [0.05, 0.1) is 5.69 Å². The summed E-state index contributed by atoms with van der Waals surface area (Å²) in [7, 11) is 1.89. The fourth-order valence-electron chi connectivity index (χ4n) is 4.07. The predicted molar refractivity (Wildman–Crippen MR) is 102 cm³/mol. The summed E-state index contributed by atoms with van der Waals surface area (Å²) in [6.07, 6.45) is 3.26. The number of carbonyl (C=O) groups excluding carboxylic acids is 1. The van der Waals surface area contributed by atoms with Gasteiger partial charge < -0.3 is 10.6 Å². The van der Waals surface area contributed by atoms with Crippen LogP contribution < -0.4 is 10.6 Å². The van der Waals surface area contributed by atoms with Crippen LogP contribution in [0.15, 0.2) is 30.3 Å². The van der Waals surface area contributed by atoms with E-state index < -0.39 is 0 Å². The Hall–Kier alpha value is -1.85. The van der Waals surface area contributed by atoms with Crippen LogP contribution in [0.25, 0.3) is 11.3 Å². The molecule has 2 aromatic rings. The van der Waals surface area contributed by atoms with Crippen molar-refractivity contribution in [2.75, 3.05) is 18.4 Å². The van der Waals surface area contributed by atoms with Gasteiger partial charge in [-0.1, -0.05) is 30.3 Å². The van der Waals surface area contributed by atoms with Gasteiger partial charge in [0.15, 0.2) is 0 Å². The van der Waals surface area contributed by atoms with Crippen molar-refractivity contribution in [2.24, 2.45) is 18.4 Å². The lowest BCUT2D eigenvalue weighted by Crippen LogP contribution is -2.31. The number of carbonyl (C=O) groups is 1. The molecule has 0 bridgehead atoms. The summed E-state index contributed by atoms with van der Waals surface area (Å²) in [5.41, 5.74) is 3.29. The Morgan fingerprint density at radius 3 is 2.64 bits per heavy atom. The lowest BCUT2D eigenvalue weighted by atomic mass is 9.92. The maximum Gasteiger partial charge on any atom is 0.229 e. The number of aryl methyl sites for hydroxylation is 1. The maximum atomic E-state index is 12.7. The number of piperidine rings is 1. The monoisotopic (exact) mass is 360 g/mol. The number of rotatable bonds is 3. The van der Waals surface area contributed by atoms with Crippen molar-refractivity contribution in [3.63, 3.8) is 0 Å². The van der Waals surface area contributed by atoms with Crippen LogP contribution >= 0.6 is 12.4 Å². The second-order valence-electron chi connectivity index (χ2n) is 7.17. The van der Waals surface area contributed by atoms with Gasteiger partial charge in [-0.2, -0.15) is 5.10 Å². The first-order valence-corrected chi connectivity index (χ1v) is 8.71. The Labute approximate surface area is 154 Å². The largest absolute Gasteiger partial charge is 0.317 e. The molecule has 134 valence electrons. The highest BCUT2D eigenvalue weighted by Crippen LogP contribution is 2.58. The third kappa shape index (κ3) is 3.18. The van der Waals surface area contributed by atoms with Gasteiger partial charge in [-0.05, 0) is 44.7 Å². The first-order chi connectivity index (χ1) is 11.6. The van der Waals surface area contributed by atoms with Gasteiger partial charge in [0.25, 0.3) is 0 Å². The minimum atomic E-state index is 0. The lowest BCUT2D eigenvalue weighted by molar-refractivity contribution is -0.118. The topological polar surface area (TPSA) is 59.0 Å². The average molecular weight is 361 g/mol. The molecule has 1 saturated carbocycles. The summed E-state index contributed by atoms with van der Waals surface area (Å²) in [5, 5.41) is 11.1. The summed E-state index contributed by atoms with van der Waals surface area (Å²) >= 11 is 0. The van der Waals surface area contributed by atoms with Gasteiger partial charge in [-0.3, -0.25) is 9.48 Å². The van der Waals surface area contributed by atoms with Crippen molar-refractivity contribution in [3.05, 3.63) is 35.9 Å². The van der Waals surface area contributed by atoms with Crippen LogP contribution in [0, 0.1) is 18.3 Å². The molecule has 2 heterocycles. The van der Waals surface area contributed by atoms with Gasteiger partial charge in [0, 0.05) is 24.1 Å². The Morgan fingerprint density at radius 1 is 1.28 bits per heavy atom. The molecular weight excluding hydrogens is 336 g/mol. The molecule has 1 saturated heterocycles. The van der Waals surface area contributed by atoms with Gasteiger partial charge in [-0.25, -0.2) is 0 Å². The smallest absolute Gasteiger partial charge is 0.229 e. The molecule has 1 unspecified atom stereocenters. The number of halogens is 1.